The van der Waals surface area contributed by atoms with Crippen LogP contribution in [0.2, 0.25) is 0 Å². The number of non-ortho nitro benzene ring substituents is 1. The Morgan fingerprint density at radius 1 is 1.40 bits per heavy atom. The molecule has 0 atom stereocenters. The molecule has 0 aliphatic heterocycles. The van der Waals surface area contributed by atoms with Crippen LogP contribution in [0.1, 0.15) is 10.4 Å². The molecule has 0 aliphatic rings. The molecule has 2 rings (SSSR count). The van der Waals surface area contributed by atoms with E-state index in [1.54, 1.807) is 12.1 Å². The number of nitro benzene ring substituents is 1. The first-order chi connectivity index (χ1) is 9.49. The van der Waals surface area contributed by atoms with Crippen molar-refractivity contribution >= 4 is 39.3 Å². The Morgan fingerprint density at radius 2 is 2.15 bits per heavy atom. The summed E-state index contributed by atoms with van der Waals surface area (Å²) in [7, 11) is 0. The molecule has 2 aromatic rings. The van der Waals surface area contributed by atoms with Gasteiger partial charge in [-0.25, -0.2) is 9.78 Å². The second-order valence-corrected chi connectivity index (χ2v) is 5.52. The lowest BCUT2D eigenvalue weighted by molar-refractivity contribution is -0.385. The van der Waals surface area contributed by atoms with Gasteiger partial charge in [0.15, 0.2) is 0 Å². The normalized spacial score (nSPS) is 10.2. The van der Waals surface area contributed by atoms with E-state index in [1.165, 1.54) is 24.4 Å². The number of pyridine rings is 1. The number of benzene rings is 1. The van der Waals surface area contributed by atoms with Gasteiger partial charge in [-0.3, -0.25) is 10.1 Å². The third-order valence-electron chi connectivity index (χ3n) is 2.33. The van der Waals surface area contributed by atoms with Crippen molar-refractivity contribution in [3.63, 3.8) is 0 Å². The molecule has 0 aliphatic carbocycles. The predicted octanol–water partition coefficient (Wildman–Crippen LogP) is 3.60. The molecule has 0 saturated carbocycles. The molecule has 0 radical (unpaired) electrons. The SMILES string of the molecule is O=C(O)c1cccnc1Sc1ccc([N+](=O)[O-])cc1Br. The number of hydrogen-bond donors (Lipinski definition) is 1. The molecule has 0 saturated heterocycles. The van der Waals surface area contributed by atoms with E-state index in [-0.39, 0.29) is 11.3 Å². The van der Waals surface area contributed by atoms with Crippen LogP contribution in [0.4, 0.5) is 5.69 Å². The molecule has 0 spiro atoms. The molecule has 0 bridgehead atoms. The molecule has 1 aromatic heterocycles. The van der Waals surface area contributed by atoms with E-state index < -0.39 is 10.9 Å². The third-order valence-corrected chi connectivity index (χ3v) is 4.35. The van der Waals surface area contributed by atoms with E-state index in [1.807, 2.05) is 0 Å². The summed E-state index contributed by atoms with van der Waals surface area (Å²) in [5.41, 5.74) is 0.0449. The average Bonchev–Trinajstić information content (AvgIpc) is 2.41. The van der Waals surface area contributed by atoms with E-state index in [0.717, 1.165) is 11.8 Å². The third kappa shape index (κ3) is 3.14. The van der Waals surface area contributed by atoms with Gasteiger partial charge < -0.3 is 5.11 Å². The first kappa shape index (κ1) is 14.5. The number of carbonyl (C=O) groups is 1. The van der Waals surface area contributed by atoms with Crippen molar-refractivity contribution in [2.75, 3.05) is 0 Å². The zero-order valence-electron chi connectivity index (χ0n) is 9.82. The summed E-state index contributed by atoms with van der Waals surface area (Å²) < 4.78 is 0.513. The van der Waals surface area contributed by atoms with E-state index >= 15 is 0 Å². The van der Waals surface area contributed by atoms with Crippen LogP contribution in [0.15, 0.2) is 50.9 Å². The largest absolute Gasteiger partial charge is 0.478 e. The van der Waals surface area contributed by atoms with E-state index in [9.17, 15) is 14.9 Å². The van der Waals surface area contributed by atoms with E-state index in [0.29, 0.717) is 14.4 Å². The molecule has 102 valence electrons. The second kappa shape index (κ2) is 6.02. The zero-order valence-corrected chi connectivity index (χ0v) is 12.2. The first-order valence-electron chi connectivity index (χ1n) is 5.29. The van der Waals surface area contributed by atoms with Gasteiger partial charge in [0.25, 0.3) is 5.69 Å². The lowest BCUT2D eigenvalue weighted by Gasteiger charge is -2.06. The number of aromatic carboxylic acids is 1. The minimum Gasteiger partial charge on any atom is -0.478 e. The summed E-state index contributed by atoms with van der Waals surface area (Å²) in [4.78, 5) is 25.9. The maximum atomic E-state index is 11.1. The van der Waals surface area contributed by atoms with Crippen LogP contribution < -0.4 is 0 Å². The summed E-state index contributed by atoms with van der Waals surface area (Å²) in [6, 6.07) is 7.27. The Morgan fingerprint density at radius 3 is 2.75 bits per heavy atom. The van der Waals surface area contributed by atoms with Crippen molar-refractivity contribution in [3.05, 3.63) is 56.7 Å². The van der Waals surface area contributed by atoms with E-state index in [4.69, 9.17) is 5.11 Å². The fraction of sp³-hybridized carbons (Fsp3) is 0. The quantitative estimate of drug-likeness (QED) is 0.665. The maximum absolute atomic E-state index is 11.1. The number of carboxylic acid groups (broad SMARTS) is 1. The number of rotatable bonds is 4. The Kier molecular flexibility index (Phi) is 4.35. The number of nitrogens with zero attached hydrogens (tertiary/aromatic N) is 2. The fourth-order valence-corrected chi connectivity index (χ4v) is 2.91. The van der Waals surface area contributed by atoms with Crippen LogP contribution in [0.5, 0.6) is 0 Å². The fourth-order valence-electron chi connectivity index (χ4n) is 1.43. The summed E-state index contributed by atoms with van der Waals surface area (Å²) in [6.45, 7) is 0. The van der Waals surface area contributed by atoms with Gasteiger partial charge in [0.2, 0.25) is 0 Å². The van der Waals surface area contributed by atoms with Gasteiger partial charge in [-0.05, 0) is 34.1 Å². The highest BCUT2D eigenvalue weighted by molar-refractivity contribution is 9.10. The molecule has 0 amide bonds. The van der Waals surface area contributed by atoms with Crippen molar-refractivity contribution in [1.82, 2.24) is 4.98 Å². The highest BCUT2D eigenvalue weighted by Crippen LogP contribution is 2.35. The van der Waals surface area contributed by atoms with Gasteiger partial charge in [0.1, 0.15) is 5.03 Å². The van der Waals surface area contributed by atoms with Gasteiger partial charge in [-0.15, -0.1) is 0 Å². The van der Waals surface area contributed by atoms with Crippen LogP contribution in [0.3, 0.4) is 0 Å². The van der Waals surface area contributed by atoms with Gasteiger partial charge >= 0.3 is 5.97 Å². The number of nitro groups is 1. The topological polar surface area (TPSA) is 93.3 Å². The Hall–Kier alpha value is -1.93. The average molecular weight is 355 g/mol. The molecular formula is C12H7BrN2O4S. The smallest absolute Gasteiger partial charge is 0.338 e. The van der Waals surface area contributed by atoms with Crippen molar-refractivity contribution in [2.45, 2.75) is 9.92 Å². The highest BCUT2D eigenvalue weighted by atomic mass is 79.9. The van der Waals surface area contributed by atoms with Crippen LogP contribution in [0.25, 0.3) is 0 Å². The van der Waals surface area contributed by atoms with Crippen molar-refractivity contribution in [2.24, 2.45) is 0 Å². The molecule has 1 N–H and O–H groups in total. The molecular weight excluding hydrogens is 348 g/mol. The minimum atomic E-state index is -1.07. The van der Waals surface area contributed by atoms with Gasteiger partial charge in [0, 0.05) is 27.7 Å². The van der Waals surface area contributed by atoms with Gasteiger partial charge in [0.05, 0.1) is 10.5 Å². The maximum Gasteiger partial charge on any atom is 0.338 e. The summed E-state index contributed by atoms with van der Waals surface area (Å²) in [6.07, 6.45) is 1.49. The second-order valence-electron chi connectivity index (χ2n) is 3.64. The van der Waals surface area contributed by atoms with Gasteiger partial charge in [-0.1, -0.05) is 11.8 Å². The van der Waals surface area contributed by atoms with Crippen LogP contribution >= 0.6 is 27.7 Å². The van der Waals surface area contributed by atoms with E-state index in [2.05, 4.69) is 20.9 Å². The number of halogens is 1. The standard InChI is InChI=1S/C12H7BrN2O4S/c13-9-6-7(15(18)19)3-4-10(9)20-11-8(12(16)17)2-1-5-14-11/h1-6H,(H,16,17). The Bertz CT molecular complexity index is 693. The minimum absolute atomic E-state index is 0.0410. The van der Waals surface area contributed by atoms with Crippen molar-refractivity contribution in [3.8, 4) is 0 Å². The molecule has 6 nitrogen and oxygen atoms in total. The molecule has 8 heteroatoms. The lowest BCUT2D eigenvalue weighted by atomic mass is 10.3. The highest BCUT2D eigenvalue weighted by Gasteiger charge is 2.15. The molecule has 1 heterocycles. The lowest BCUT2D eigenvalue weighted by Crippen LogP contribution is -2.00. The monoisotopic (exact) mass is 354 g/mol. The zero-order chi connectivity index (χ0) is 14.7. The molecule has 0 fully saturated rings. The Labute approximate surface area is 126 Å². The molecule has 0 unspecified atom stereocenters. The number of aromatic nitrogens is 1. The van der Waals surface area contributed by atoms with Crippen molar-refractivity contribution < 1.29 is 14.8 Å². The number of carboxylic acids is 1. The molecule has 1 aromatic carbocycles. The van der Waals surface area contributed by atoms with Crippen LogP contribution in [0, 0.1) is 10.1 Å². The summed E-state index contributed by atoms with van der Waals surface area (Å²) in [5, 5.41) is 20.1. The first-order valence-corrected chi connectivity index (χ1v) is 6.90. The van der Waals surface area contributed by atoms with Crippen LogP contribution in [-0.4, -0.2) is 21.0 Å². The summed E-state index contributed by atoms with van der Waals surface area (Å²) in [5.74, 6) is -1.07. The van der Waals surface area contributed by atoms with Crippen LogP contribution in [-0.2, 0) is 0 Å². The predicted molar refractivity (Wildman–Crippen MR) is 76.1 cm³/mol. The van der Waals surface area contributed by atoms with Crippen molar-refractivity contribution in [1.29, 1.82) is 0 Å². The summed E-state index contributed by atoms with van der Waals surface area (Å²) >= 11 is 4.36. The van der Waals surface area contributed by atoms with Gasteiger partial charge in [-0.2, -0.15) is 0 Å². The Balaban J connectivity index is 2.36. The molecule has 20 heavy (non-hydrogen) atoms. The number of hydrogen-bond acceptors (Lipinski definition) is 5.